The number of nitrogens with zero attached hydrogens (tertiary/aromatic N) is 2. The molecule has 0 saturated carbocycles. The molecule has 2 aromatic carbocycles. The Labute approximate surface area is 196 Å². The van der Waals surface area contributed by atoms with Crippen LogP contribution in [0, 0.1) is 5.82 Å². The molecule has 1 N–H and O–H groups in total. The summed E-state index contributed by atoms with van der Waals surface area (Å²) in [6.07, 6.45) is 4.08. The van der Waals surface area contributed by atoms with Crippen molar-refractivity contribution in [1.29, 1.82) is 0 Å². The molecule has 1 unspecified atom stereocenters. The third-order valence-electron chi connectivity index (χ3n) is 7.15. The fourth-order valence-corrected chi connectivity index (χ4v) is 5.12. The van der Waals surface area contributed by atoms with E-state index in [1.807, 2.05) is 0 Å². The summed E-state index contributed by atoms with van der Waals surface area (Å²) in [5, 5.41) is 2.91. The van der Waals surface area contributed by atoms with E-state index in [1.165, 1.54) is 23.4 Å². The van der Waals surface area contributed by atoms with Crippen molar-refractivity contribution in [3.8, 4) is 0 Å². The summed E-state index contributed by atoms with van der Waals surface area (Å²) in [5.41, 5.74) is 2.93. The number of amides is 1. The summed E-state index contributed by atoms with van der Waals surface area (Å²) in [7, 11) is 0. The molecule has 1 spiro atoms. The SMILES string of the molecule is CCN(CC)c1ccc(CN2CCC3(CCC(CNC(=O)c4cccc(F)c4)O3)CC2)cc1. The van der Waals surface area contributed by atoms with Crippen LogP contribution in [0.4, 0.5) is 10.1 Å². The number of anilines is 1. The summed E-state index contributed by atoms with van der Waals surface area (Å²) < 4.78 is 19.8. The highest BCUT2D eigenvalue weighted by molar-refractivity contribution is 5.94. The van der Waals surface area contributed by atoms with Crippen LogP contribution in [0.25, 0.3) is 0 Å². The number of carbonyl (C=O) groups is 1. The van der Waals surface area contributed by atoms with Crippen molar-refractivity contribution in [1.82, 2.24) is 10.2 Å². The number of piperidine rings is 1. The second-order valence-electron chi connectivity index (χ2n) is 9.30. The maximum atomic E-state index is 13.3. The Morgan fingerprint density at radius 2 is 1.85 bits per heavy atom. The van der Waals surface area contributed by atoms with Crippen molar-refractivity contribution >= 4 is 11.6 Å². The summed E-state index contributed by atoms with van der Waals surface area (Å²) in [4.78, 5) is 17.2. The van der Waals surface area contributed by atoms with E-state index in [1.54, 1.807) is 12.1 Å². The van der Waals surface area contributed by atoms with Gasteiger partial charge >= 0.3 is 0 Å². The number of hydrogen-bond donors (Lipinski definition) is 1. The Balaban J connectivity index is 1.22. The zero-order valence-corrected chi connectivity index (χ0v) is 19.9. The van der Waals surface area contributed by atoms with Gasteiger partial charge < -0.3 is 15.0 Å². The molecule has 1 atom stereocenters. The van der Waals surface area contributed by atoms with E-state index >= 15 is 0 Å². The van der Waals surface area contributed by atoms with Gasteiger partial charge in [-0.15, -0.1) is 0 Å². The van der Waals surface area contributed by atoms with Crippen LogP contribution in [-0.4, -0.2) is 55.2 Å². The highest BCUT2D eigenvalue weighted by Crippen LogP contribution is 2.39. The van der Waals surface area contributed by atoms with Crippen LogP contribution in [0.3, 0.4) is 0 Å². The van der Waals surface area contributed by atoms with Gasteiger partial charge in [-0.3, -0.25) is 9.69 Å². The maximum Gasteiger partial charge on any atom is 0.251 e. The number of hydrogen-bond acceptors (Lipinski definition) is 4. The first-order valence-electron chi connectivity index (χ1n) is 12.3. The van der Waals surface area contributed by atoms with Crippen LogP contribution in [-0.2, 0) is 11.3 Å². The maximum absolute atomic E-state index is 13.3. The predicted molar refractivity (Wildman–Crippen MR) is 130 cm³/mol. The third-order valence-corrected chi connectivity index (χ3v) is 7.15. The Hall–Kier alpha value is -2.44. The molecular formula is C27H36FN3O2. The van der Waals surface area contributed by atoms with Crippen LogP contribution in [0.1, 0.15) is 55.5 Å². The van der Waals surface area contributed by atoms with Gasteiger partial charge in [0.15, 0.2) is 0 Å². The van der Waals surface area contributed by atoms with E-state index in [9.17, 15) is 9.18 Å². The molecule has 0 aromatic heterocycles. The van der Waals surface area contributed by atoms with Gasteiger partial charge in [-0.05, 0) is 75.4 Å². The lowest BCUT2D eigenvalue weighted by Crippen LogP contribution is -2.44. The first kappa shape index (κ1) is 23.7. The summed E-state index contributed by atoms with van der Waals surface area (Å²) >= 11 is 0. The van der Waals surface area contributed by atoms with Gasteiger partial charge in [0.1, 0.15) is 5.82 Å². The van der Waals surface area contributed by atoms with Gasteiger partial charge in [0.25, 0.3) is 5.91 Å². The monoisotopic (exact) mass is 453 g/mol. The van der Waals surface area contributed by atoms with Gasteiger partial charge in [-0.1, -0.05) is 18.2 Å². The summed E-state index contributed by atoms with van der Waals surface area (Å²) in [6, 6.07) is 14.8. The topological polar surface area (TPSA) is 44.8 Å². The van der Waals surface area contributed by atoms with E-state index < -0.39 is 5.82 Å². The van der Waals surface area contributed by atoms with E-state index in [-0.39, 0.29) is 17.6 Å². The van der Waals surface area contributed by atoms with Crippen molar-refractivity contribution in [2.24, 2.45) is 0 Å². The second-order valence-corrected chi connectivity index (χ2v) is 9.30. The number of carbonyl (C=O) groups excluding carboxylic acids is 1. The molecule has 2 aromatic rings. The average Bonchev–Trinajstić information content (AvgIpc) is 3.23. The molecule has 1 amide bonds. The minimum absolute atomic E-state index is 0.0293. The largest absolute Gasteiger partial charge is 0.372 e. The first-order valence-corrected chi connectivity index (χ1v) is 12.3. The molecule has 0 bridgehead atoms. The van der Waals surface area contributed by atoms with Crippen LogP contribution in [0.15, 0.2) is 48.5 Å². The minimum Gasteiger partial charge on any atom is -0.372 e. The van der Waals surface area contributed by atoms with E-state index in [0.29, 0.717) is 12.1 Å². The highest BCUT2D eigenvalue weighted by Gasteiger charge is 2.42. The van der Waals surface area contributed by atoms with E-state index in [4.69, 9.17) is 4.74 Å². The fraction of sp³-hybridized carbons (Fsp3) is 0.519. The normalized spacial score (nSPS) is 20.2. The van der Waals surface area contributed by atoms with E-state index in [0.717, 1.165) is 58.4 Å². The average molecular weight is 454 g/mol. The van der Waals surface area contributed by atoms with Crippen molar-refractivity contribution in [2.75, 3.05) is 37.6 Å². The molecule has 33 heavy (non-hydrogen) atoms. The summed E-state index contributed by atoms with van der Waals surface area (Å²) in [6.45, 7) is 9.94. The smallest absolute Gasteiger partial charge is 0.251 e. The van der Waals surface area contributed by atoms with Gasteiger partial charge in [-0.25, -0.2) is 4.39 Å². The van der Waals surface area contributed by atoms with Gasteiger partial charge in [-0.2, -0.15) is 0 Å². The minimum atomic E-state index is -0.398. The predicted octanol–water partition coefficient (Wildman–Crippen LogP) is 4.62. The van der Waals surface area contributed by atoms with Gasteiger partial charge in [0.2, 0.25) is 0 Å². The molecular weight excluding hydrogens is 417 g/mol. The molecule has 0 radical (unpaired) electrons. The molecule has 0 aliphatic carbocycles. The number of benzene rings is 2. The van der Waals surface area contributed by atoms with Gasteiger partial charge in [0, 0.05) is 50.5 Å². The first-order chi connectivity index (χ1) is 16.0. The summed E-state index contributed by atoms with van der Waals surface area (Å²) in [5.74, 6) is -0.647. The van der Waals surface area contributed by atoms with E-state index in [2.05, 4.69) is 53.2 Å². The molecule has 6 heteroatoms. The van der Waals surface area contributed by atoms with Crippen LogP contribution < -0.4 is 10.2 Å². The fourth-order valence-electron chi connectivity index (χ4n) is 5.12. The molecule has 4 rings (SSSR count). The number of rotatable bonds is 8. The third kappa shape index (κ3) is 5.92. The van der Waals surface area contributed by atoms with Crippen LogP contribution in [0.2, 0.25) is 0 Å². The van der Waals surface area contributed by atoms with Crippen molar-refractivity contribution in [3.05, 3.63) is 65.5 Å². The Kier molecular flexibility index (Phi) is 7.66. The van der Waals surface area contributed by atoms with Crippen LogP contribution >= 0.6 is 0 Å². The quantitative estimate of drug-likeness (QED) is 0.634. The second kappa shape index (κ2) is 10.7. The number of likely N-dealkylation sites (tertiary alicyclic amines) is 1. The Morgan fingerprint density at radius 1 is 1.12 bits per heavy atom. The lowest BCUT2D eigenvalue weighted by molar-refractivity contribution is -0.0764. The van der Waals surface area contributed by atoms with Gasteiger partial charge in [0.05, 0.1) is 11.7 Å². The molecule has 2 heterocycles. The standard InChI is InChI=1S/C27H36FN3O2/c1-3-31(4-2)24-10-8-21(9-11-24)20-30-16-14-27(15-17-30)13-12-25(33-27)19-29-26(32)22-6-5-7-23(28)18-22/h5-11,18,25H,3-4,12-17,19-20H2,1-2H3,(H,29,32). The zero-order chi connectivity index (χ0) is 23.3. The molecule has 2 aliphatic rings. The number of ether oxygens (including phenoxy) is 1. The van der Waals surface area contributed by atoms with Crippen molar-refractivity contribution in [2.45, 2.75) is 57.8 Å². The Bertz CT molecular complexity index is 921. The molecule has 2 saturated heterocycles. The van der Waals surface area contributed by atoms with Crippen molar-refractivity contribution in [3.63, 3.8) is 0 Å². The lowest BCUT2D eigenvalue weighted by Gasteiger charge is -2.39. The molecule has 5 nitrogen and oxygen atoms in total. The lowest BCUT2D eigenvalue weighted by atomic mass is 9.88. The zero-order valence-electron chi connectivity index (χ0n) is 19.9. The molecule has 2 fully saturated rings. The van der Waals surface area contributed by atoms with Crippen LogP contribution in [0.5, 0.6) is 0 Å². The number of nitrogens with one attached hydrogen (secondary N) is 1. The Morgan fingerprint density at radius 3 is 2.52 bits per heavy atom. The number of halogens is 1. The molecule has 178 valence electrons. The van der Waals surface area contributed by atoms with Crippen molar-refractivity contribution < 1.29 is 13.9 Å². The molecule has 2 aliphatic heterocycles. The highest BCUT2D eigenvalue weighted by atomic mass is 19.1.